The molecule has 1 aromatic carbocycles. The number of anilines is 1. The zero-order valence-corrected chi connectivity index (χ0v) is 20.4. The molecule has 5 N–H and O–H groups in total. The van der Waals surface area contributed by atoms with Crippen molar-refractivity contribution in [2.75, 3.05) is 24.6 Å². The van der Waals surface area contributed by atoms with E-state index < -0.39 is 11.7 Å². The molecule has 190 valence electrons. The number of imidazole rings is 1. The molecule has 5 heterocycles. The van der Waals surface area contributed by atoms with Crippen LogP contribution in [0.3, 0.4) is 0 Å². The van der Waals surface area contributed by atoms with Gasteiger partial charge in [0, 0.05) is 36.9 Å². The fourth-order valence-corrected chi connectivity index (χ4v) is 5.49. The number of ether oxygens (including phenoxy) is 1. The largest absolute Gasteiger partial charge is 0.376 e. The summed E-state index contributed by atoms with van der Waals surface area (Å²) in [7, 11) is 0. The van der Waals surface area contributed by atoms with Gasteiger partial charge in [-0.1, -0.05) is 18.1 Å². The number of nitrogens with two attached hydrogens (primary N) is 2. The van der Waals surface area contributed by atoms with Gasteiger partial charge in [-0.3, -0.25) is 14.3 Å². The summed E-state index contributed by atoms with van der Waals surface area (Å²) in [5.74, 6) is 5.37. The van der Waals surface area contributed by atoms with Gasteiger partial charge in [-0.15, -0.1) is 0 Å². The molecule has 11 heteroatoms. The van der Waals surface area contributed by atoms with E-state index in [1.54, 1.807) is 18.3 Å². The third kappa shape index (κ3) is 3.89. The lowest BCUT2D eigenvalue weighted by Gasteiger charge is -2.41. The van der Waals surface area contributed by atoms with E-state index in [0.717, 1.165) is 31.9 Å². The van der Waals surface area contributed by atoms with Crippen molar-refractivity contribution in [1.82, 2.24) is 24.6 Å². The average Bonchev–Trinajstić information content (AvgIpc) is 3.59. The molecule has 2 aliphatic rings. The molecular formula is C26H27FN8O2. The Morgan fingerprint density at radius 3 is 2.86 bits per heavy atom. The van der Waals surface area contributed by atoms with Crippen molar-refractivity contribution in [3.05, 3.63) is 53.2 Å². The summed E-state index contributed by atoms with van der Waals surface area (Å²) in [5.41, 5.74) is 13.7. The van der Waals surface area contributed by atoms with Crippen LogP contribution in [-0.4, -0.2) is 62.3 Å². The molecule has 2 saturated heterocycles. The van der Waals surface area contributed by atoms with Gasteiger partial charge in [-0.25, -0.2) is 9.37 Å². The van der Waals surface area contributed by atoms with Gasteiger partial charge in [0.15, 0.2) is 11.3 Å². The van der Waals surface area contributed by atoms with Crippen molar-refractivity contribution in [2.45, 2.75) is 38.3 Å². The molecule has 2 fully saturated rings. The topological polar surface area (TPSA) is 140 Å². The Morgan fingerprint density at radius 1 is 1.32 bits per heavy atom. The van der Waals surface area contributed by atoms with Gasteiger partial charge in [0.05, 0.1) is 30.1 Å². The molecule has 6 rings (SSSR count). The van der Waals surface area contributed by atoms with Crippen LogP contribution in [0.4, 0.5) is 10.3 Å². The van der Waals surface area contributed by atoms with Crippen LogP contribution in [0.5, 0.6) is 0 Å². The second-order valence-electron chi connectivity index (χ2n) is 9.89. The number of piperidine rings is 1. The van der Waals surface area contributed by atoms with Crippen LogP contribution in [-0.2, 0) is 16.0 Å². The number of halogens is 1. The quantitative estimate of drug-likeness (QED) is 0.361. The number of amides is 1. The van der Waals surface area contributed by atoms with E-state index in [1.807, 2.05) is 17.5 Å². The zero-order chi connectivity index (χ0) is 25.7. The number of nitrogens with zero attached hydrogens (tertiary/aromatic N) is 5. The highest BCUT2D eigenvalue weighted by Crippen LogP contribution is 2.42. The van der Waals surface area contributed by atoms with Gasteiger partial charge < -0.3 is 21.1 Å². The number of aromatic amines is 1. The summed E-state index contributed by atoms with van der Waals surface area (Å²) in [6.07, 6.45) is 5.31. The maximum atomic E-state index is 14.8. The van der Waals surface area contributed by atoms with Crippen molar-refractivity contribution >= 4 is 28.5 Å². The SMILES string of the molecule is C[C@@H]1OCC2(CCN(c3nc4[nH]nc(C#Cc5cccc(CC(N)=O)c5F)c4c4nccn34)CC2)[C@@H]1N. The number of fused-ring (bicyclic) bond motifs is 3. The minimum atomic E-state index is -0.608. The minimum Gasteiger partial charge on any atom is -0.376 e. The standard InChI is InChI=1S/C26H27FN8O2/c1-15-22(29)26(14-37-15)7-10-34(11-8-26)25-31-23-20(24-30-9-12-35(24)25)18(32-33-23)6-5-16-3-2-4-17(21(16)27)13-19(28)36/h2-4,9,12,15,22H,7-8,10-11,13-14,29H2,1H3,(H2,28,36)(H,32,33)/t15-,22+/m0/s1. The van der Waals surface area contributed by atoms with Crippen LogP contribution in [0, 0.1) is 23.1 Å². The molecule has 4 aromatic rings. The van der Waals surface area contributed by atoms with E-state index >= 15 is 0 Å². The first-order valence-corrected chi connectivity index (χ1v) is 12.3. The molecule has 0 saturated carbocycles. The monoisotopic (exact) mass is 502 g/mol. The predicted molar refractivity (Wildman–Crippen MR) is 135 cm³/mol. The highest BCUT2D eigenvalue weighted by atomic mass is 19.1. The van der Waals surface area contributed by atoms with E-state index in [1.165, 1.54) is 6.07 Å². The minimum absolute atomic E-state index is 0.00877. The van der Waals surface area contributed by atoms with Crippen LogP contribution >= 0.6 is 0 Å². The van der Waals surface area contributed by atoms with E-state index in [4.69, 9.17) is 21.2 Å². The van der Waals surface area contributed by atoms with Gasteiger partial charge in [0.25, 0.3) is 0 Å². The third-order valence-corrected chi connectivity index (χ3v) is 7.69. The molecule has 1 spiro atoms. The summed E-state index contributed by atoms with van der Waals surface area (Å²) >= 11 is 0. The number of nitrogens with one attached hydrogen (secondary N) is 1. The number of carbonyl (C=O) groups is 1. The van der Waals surface area contributed by atoms with Crippen LogP contribution < -0.4 is 16.4 Å². The van der Waals surface area contributed by atoms with Gasteiger partial charge in [0.1, 0.15) is 11.5 Å². The first-order chi connectivity index (χ1) is 17.9. The van der Waals surface area contributed by atoms with E-state index in [-0.39, 0.29) is 35.1 Å². The molecule has 0 radical (unpaired) electrons. The van der Waals surface area contributed by atoms with E-state index in [0.29, 0.717) is 29.0 Å². The van der Waals surface area contributed by atoms with Crippen LogP contribution in [0.15, 0.2) is 30.6 Å². The van der Waals surface area contributed by atoms with Crippen molar-refractivity contribution < 1.29 is 13.9 Å². The highest BCUT2D eigenvalue weighted by molar-refractivity contribution is 5.94. The molecule has 10 nitrogen and oxygen atoms in total. The third-order valence-electron chi connectivity index (χ3n) is 7.69. The molecular weight excluding hydrogens is 475 g/mol. The number of aromatic nitrogens is 5. The average molecular weight is 503 g/mol. The van der Waals surface area contributed by atoms with E-state index in [9.17, 15) is 9.18 Å². The smallest absolute Gasteiger partial charge is 0.221 e. The summed E-state index contributed by atoms with van der Waals surface area (Å²) in [5, 5.41) is 7.96. The fourth-order valence-electron chi connectivity index (χ4n) is 5.49. The molecule has 0 aliphatic carbocycles. The molecule has 37 heavy (non-hydrogen) atoms. The second-order valence-corrected chi connectivity index (χ2v) is 9.89. The molecule has 0 bridgehead atoms. The van der Waals surface area contributed by atoms with Gasteiger partial charge >= 0.3 is 0 Å². The Hall–Kier alpha value is -4.01. The van der Waals surface area contributed by atoms with Crippen molar-refractivity contribution in [2.24, 2.45) is 16.9 Å². The summed E-state index contributed by atoms with van der Waals surface area (Å²) in [6.45, 7) is 4.35. The Kier molecular flexibility index (Phi) is 5.58. The number of hydrogen-bond donors (Lipinski definition) is 3. The lowest BCUT2D eigenvalue weighted by atomic mass is 9.73. The van der Waals surface area contributed by atoms with Gasteiger partial charge in [-0.05, 0) is 37.3 Å². The Bertz CT molecular complexity index is 1570. The molecule has 3 aromatic heterocycles. The van der Waals surface area contributed by atoms with Crippen LogP contribution in [0.1, 0.15) is 36.6 Å². The first kappa shape index (κ1) is 23.4. The lowest BCUT2D eigenvalue weighted by molar-refractivity contribution is -0.117. The summed E-state index contributed by atoms with van der Waals surface area (Å²) < 4.78 is 22.6. The van der Waals surface area contributed by atoms with Crippen LogP contribution in [0.2, 0.25) is 0 Å². The van der Waals surface area contributed by atoms with E-state index in [2.05, 4.69) is 31.9 Å². The number of benzene rings is 1. The Morgan fingerprint density at radius 2 is 2.14 bits per heavy atom. The number of H-pyrrole nitrogens is 1. The van der Waals surface area contributed by atoms with Crippen molar-refractivity contribution in [3.63, 3.8) is 0 Å². The number of carbonyl (C=O) groups excluding carboxylic acids is 1. The van der Waals surface area contributed by atoms with Crippen molar-refractivity contribution in [1.29, 1.82) is 0 Å². The molecule has 0 unspecified atom stereocenters. The molecule has 2 aliphatic heterocycles. The first-order valence-electron chi connectivity index (χ1n) is 12.3. The zero-order valence-electron chi connectivity index (χ0n) is 20.4. The summed E-state index contributed by atoms with van der Waals surface area (Å²) in [4.78, 5) is 22.9. The maximum absolute atomic E-state index is 14.8. The van der Waals surface area contributed by atoms with Crippen molar-refractivity contribution in [3.8, 4) is 11.8 Å². The molecule has 2 atom stereocenters. The Labute approximate surface area is 212 Å². The Balaban J connectivity index is 1.33. The lowest BCUT2D eigenvalue weighted by Crippen LogP contribution is -2.51. The predicted octanol–water partition coefficient (Wildman–Crippen LogP) is 1.50. The highest BCUT2D eigenvalue weighted by Gasteiger charge is 2.47. The fraction of sp³-hybridized carbons (Fsp3) is 0.385. The van der Waals surface area contributed by atoms with Crippen LogP contribution in [0.25, 0.3) is 16.7 Å². The molecule has 1 amide bonds. The second kappa shape index (κ2) is 8.83. The van der Waals surface area contributed by atoms with Gasteiger partial charge in [-0.2, -0.15) is 10.1 Å². The number of hydrogen-bond acceptors (Lipinski definition) is 7. The number of primary amides is 1. The normalized spacial score (nSPS) is 21.0. The van der Waals surface area contributed by atoms with Gasteiger partial charge in [0.2, 0.25) is 11.9 Å². The maximum Gasteiger partial charge on any atom is 0.221 e. The summed E-state index contributed by atoms with van der Waals surface area (Å²) in [6, 6.07) is 4.75. The number of rotatable bonds is 3.